The molecule has 2 aliphatic heterocycles. The fourth-order valence-corrected chi connectivity index (χ4v) is 4.90. The van der Waals surface area contributed by atoms with E-state index in [1.165, 1.54) is 36.0 Å². The van der Waals surface area contributed by atoms with Crippen LogP contribution in [0.2, 0.25) is 0 Å². The molecule has 192 valence electrons. The van der Waals surface area contributed by atoms with Gasteiger partial charge in [0.1, 0.15) is 29.5 Å². The Balaban J connectivity index is 1.42. The molecule has 0 saturated carbocycles. The van der Waals surface area contributed by atoms with Gasteiger partial charge >= 0.3 is 11.9 Å². The van der Waals surface area contributed by atoms with Crippen molar-refractivity contribution < 1.29 is 38.3 Å². The number of amides is 2. The number of esters is 2. The zero-order valence-corrected chi connectivity index (χ0v) is 20.3. The first kappa shape index (κ1) is 25.7. The van der Waals surface area contributed by atoms with Gasteiger partial charge in [0.15, 0.2) is 12.3 Å². The summed E-state index contributed by atoms with van der Waals surface area (Å²) >= 11 is 1.21. The predicted molar refractivity (Wildman–Crippen MR) is 129 cm³/mol. The number of fused-ring (bicyclic) bond motifs is 1. The van der Waals surface area contributed by atoms with Crippen LogP contribution in [0.3, 0.4) is 0 Å². The molecule has 2 aromatic rings. The molecule has 2 atom stereocenters. The second-order valence-corrected chi connectivity index (χ2v) is 9.03. The van der Waals surface area contributed by atoms with Crippen molar-refractivity contribution >= 4 is 41.2 Å². The zero-order chi connectivity index (χ0) is 26.5. The predicted octanol–water partition coefficient (Wildman–Crippen LogP) is 1.89. The van der Waals surface area contributed by atoms with Crippen LogP contribution in [0, 0.1) is 10.1 Å². The van der Waals surface area contributed by atoms with E-state index in [0.29, 0.717) is 11.3 Å². The molecule has 2 aromatic carbocycles. The van der Waals surface area contributed by atoms with Crippen LogP contribution in [-0.4, -0.2) is 57.4 Å². The van der Waals surface area contributed by atoms with E-state index in [1.54, 1.807) is 30.3 Å². The third-order valence-corrected chi connectivity index (χ3v) is 6.59. The number of benzene rings is 2. The average Bonchev–Trinajstić information content (AvgIpc) is 2.89. The maximum atomic E-state index is 13.0. The molecule has 0 bridgehead atoms. The number of hydrogen-bond acceptors (Lipinski definition) is 10. The molecule has 37 heavy (non-hydrogen) atoms. The highest BCUT2D eigenvalue weighted by Crippen LogP contribution is 2.41. The molecule has 2 aliphatic rings. The highest BCUT2D eigenvalue weighted by atomic mass is 32.2. The van der Waals surface area contributed by atoms with E-state index >= 15 is 0 Å². The van der Waals surface area contributed by atoms with Gasteiger partial charge in [0.25, 0.3) is 17.5 Å². The number of nitro benzene ring substituents is 1. The van der Waals surface area contributed by atoms with Gasteiger partial charge in [-0.05, 0) is 29.8 Å². The van der Waals surface area contributed by atoms with Crippen molar-refractivity contribution in [2.75, 3.05) is 12.4 Å². The lowest BCUT2D eigenvalue weighted by Gasteiger charge is -2.49. The summed E-state index contributed by atoms with van der Waals surface area (Å²) in [5.41, 5.74) is 0.140. The van der Waals surface area contributed by atoms with Crippen molar-refractivity contribution in [3.8, 4) is 5.75 Å². The number of ether oxygens (including phenoxy) is 3. The molecule has 2 amide bonds. The normalized spacial score (nSPS) is 18.3. The topological polar surface area (TPSA) is 154 Å². The second kappa shape index (κ2) is 11.1. The van der Waals surface area contributed by atoms with Crippen LogP contribution in [0.5, 0.6) is 5.75 Å². The summed E-state index contributed by atoms with van der Waals surface area (Å²) in [6.45, 7) is 0.631. The lowest BCUT2D eigenvalue weighted by Crippen LogP contribution is -2.71. The molecule has 0 spiro atoms. The molecule has 1 saturated heterocycles. The minimum Gasteiger partial charge on any atom is -0.484 e. The molecule has 0 aliphatic carbocycles. The van der Waals surface area contributed by atoms with Crippen molar-refractivity contribution in [3.63, 3.8) is 0 Å². The summed E-state index contributed by atoms with van der Waals surface area (Å²) in [6, 6.07) is 13.2. The SMILES string of the molecule is CC(=O)OC1=C(C(=O)OCc2ccc([N+](=O)[O-])cc2)N2C(=O)C(NC(=O)COc3ccccc3)[C@@H]2SC1. The molecular formula is C24H21N3O9S. The molecule has 0 radical (unpaired) electrons. The summed E-state index contributed by atoms with van der Waals surface area (Å²) in [6.07, 6.45) is 0. The first-order valence-corrected chi connectivity index (χ1v) is 12.0. The van der Waals surface area contributed by atoms with Gasteiger partial charge in [-0.2, -0.15) is 0 Å². The second-order valence-electron chi connectivity index (χ2n) is 7.92. The number of β-lactam (4-membered cyclic amide) rings is 1. The third kappa shape index (κ3) is 5.89. The molecule has 13 heteroatoms. The fraction of sp³-hybridized carbons (Fsp3) is 0.250. The van der Waals surface area contributed by atoms with Crippen LogP contribution in [0.15, 0.2) is 66.1 Å². The van der Waals surface area contributed by atoms with Crippen molar-refractivity contribution in [2.24, 2.45) is 0 Å². The molecule has 0 aromatic heterocycles. The maximum Gasteiger partial charge on any atom is 0.359 e. The Morgan fingerprint density at radius 3 is 2.49 bits per heavy atom. The van der Waals surface area contributed by atoms with Crippen LogP contribution < -0.4 is 10.1 Å². The monoisotopic (exact) mass is 527 g/mol. The van der Waals surface area contributed by atoms with Crippen LogP contribution in [0.4, 0.5) is 5.69 Å². The number of nitro groups is 1. The number of nitrogens with one attached hydrogen (secondary N) is 1. The summed E-state index contributed by atoms with van der Waals surface area (Å²) < 4.78 is 15.9. The quantitative estimate of drug-likeness (QED) is 0.221. The van der Waals surface area contributed by atoms with Crippen molar-refractivity contribution in [1.82, 2.24) is 10.2 Å². The Bertz CT molecular complexity index is 1260. The highest BCUT2D eigenvalue weighted by molar-refractivity contribution is 8.00. The van der Waals surface area contributed by atoms with E-state index in [9.17, 15) is 29.3 Å². The first-order chi connectivity index (χ1) is 17.7. The summed E-state index contributed by atoms with van der Waals surface area (Å²) in [4.78, 5) is 61.2. The Labute approximate surface area is 214 Å². The van der Waals surface area contributed by atoms with Crippen LogP contribution >= 0.6 is 11.8 Å². The highest BCUT2D eigenvalue weighted by Gasteiger charge is 2.55. The average molecular weight is 528 g/mol. The van der Waals surface area contributed by atoms with E-state index in [0.717, 1.165) is 11.8 Å². The number of non-ortho nitro benzene ring substituents is 1. The van der Waals surface area contributed by atoms with Crippen molar-refractivity contribution in [2.45, 2.75) is 24.9 Å². The summed E-state index contributed by atoms with van der Waals surface area (Å²) in [5, 5.41) is 12.8. The number of rotatable bonds is 9. The molecule has 4 rings (SSSR count). The summed E-state index contributed by atoms with van der Waals surface area (Å²) in [7, 11) is 0. The molecule has 12 nitrogen and oxygen atoms in total. The van der Waals surface area contributed by atoms with E-state index in [2.05, 4.69) is 5.32 Å². The minimum absolute atomic E-state index is 0.0343. The lowest BCUT2D eigenvalue weighted by atomic mass is 10.0. The lowest BCUT2D eigenvalue weighted by molar-refractivity contribution is -0.384. The number of para-hydroxylation sites is 1. The van der Waals surface area contributed by atoms with Gasteiger partial charge in [0.2, 0.25) is 0 Å². The molecular weight excluding hydrogens is 506 g/mol. The van der Waals surface area contributed by atoms with E-state index in [4.69, 9.17) is 14.2 Å². The first-order valence-electron chi connectivity index (χ1n) is 11.0. The number of hydrogen-bond donors (Lipinski definition) is 1. The molecule has 1 unspecified atom stereocenters. The Morgan fingerprint density at radius 2 is 1.84 bits per heavy atom. The Kier molecular flexibility index (Phi) is 7.72. The Morgan fingerprint density at radius 1 is 1.14 bits per heavy atom. The largest absolute Gasteiger partial charge is 0.484 e. The third-order valence-electron chi connectivity index (χ3n) is 5.34. The van der Waals surface area contributed by atoms with Crippen LogP contribution in [-0.2, 0) is 35.3 Å². The summed E-state index contributed by atoms with van der Waals surface area (Å²) in [5.74, 6) is -2.12. The van der Waals surface area contributed by atoms with Gasteiger partial charge in [-0.15, -0.1) is 11.8 Å². The van der Waals surface area contributed by atoms with Gasteiger partial charge in [-0.3, -0.25) is 29.4 Å². The molecule has 1 N–H and O–H groups in total. The number of carbonyl (C=O) groups is 4. The van der Waals surface area contributed by atoms with E-state index in [1.807, 2.05) is 0 Å². The number of thioether (sulfide) groups is 1. The number of nitrogens with zero attached hydrogens (tertiary/aromatic N) is 2. The van der Waals surface area contributed by atoms with E-state index in [-0.39, 0.29) is 36.1 Å². The van der Waals surface area contributed by atoms with Gasteiger partial charge < -0.3 is 19.5 Å². The minimum atomic E-state index is -0.912. The Hall–Kier alpha value is -4.39. The van der Waals surface area contributed by atoms with Gasteiger partial charge in [-0.25, -0.2) is 4.79 Å². The number of carbonyl (C=O) groups excluding carboxylic acids is 4. The smallest absolute Gasteiger partial charge is 0.359 e. The van der Waals surface area contributed by atoms with Gasteiger partial charge in [0, 0.05) is 19.1 Å². The van der Waals surface area contributed by atoms with Gasteiger partial charge in [-0.1, -0.05) is 18.2 Å². The standard InChI is InChI=1S/C24H21N3O9S/c1-14(28)36-18-13-37-23-20(25-19(29)12-34-17-5-3-2-4-6-17)22(30)26(23)21(18)24(31)35-11-15-7-9-16(10-8-15)27(32)33/h2-10,20,23H,11-13H2,1H3,(H,25,29)/t20?,23-/m0/s1. The maximum absolute atomic E-state index is 13.0. The molecule has 1 fully saturated rings. The van der Waals surface area contributed by atoms with Crippen LogP contribution in [0.25, 0.3) is 0 Å². The fourth-order valence-electron chi connectivity index (χ4n) is 3.64. The zero-order valence-electron chi connectivity index (χ0n) is 19.4. The van der Waals surface area contributed by atoms with E-state index < -0.39 is 40.1 Å². The van der Waals surface area contributed by atoms with Crippen LogP contribution in [0.1, 0.15) is 12.5 Å². The molecule has 2 heterocycles. The van der Waals surface area contributed by atoms with Crippen molar-refractivity contribution in [1.29, 1.82) is 0 Å². The van der Waals surface area contributed by atoms with Gasteiger partial charge in [0.05, 0.1) is 10.7 Å². The van der Waals surface area contributed by atoms with Crippen molar-refractivity contribution in [3.05, 3.63) is 81.7 Å².